The Kier molecular flexibility index (Phi) is 4.58. The number of ether oxygens (including phenoxy) is 1. The Hall–Kier alpha value is -2.50. The number of carbonyl (C=O) groups is 1. The summed E-state index contributed by atoms with van der Waals surface area (Å²) in [5.74, 6) is 0.991. The molecule has 0 aliphatic heterocycles. The van der Waals surface area contributed by atoms with E-state index in [1.165, 1.54) is 0 Å². The van der Waals surface area contributed by atoms with Crippen molar-refractivity contribution in [3.63, 3.8) is 0 Å². The van der Waals surface area contributed by atoms with Gasteiger partial charge in [-0.3, -0.25) is 4.79 Å². The third-order valence-electron chi connectivity index (χ3n) is 4.72. The molecule has 138 valence electrons. The van der Waals surface area contributed by atoms with E-state index in [9.17, 15) is 4.79 Å². The van der Waals surface area contributed by atoms with Crippen LogP contribution in [0.25, 0.3) is 11.3 Å². The zero-order valence-corrected chi connectivity index (χ0v) is 16.0. The van der Waals surface area contributed by atoms with Gasteiger partial charge in [0, 0.05) is 21.7 Å². The Bertz CT molecular complexity index is 995. The van der Waals surface area contributed by atoms with Gasteiger partial charge in [0.15, 0.2) is 5.76 Å². The average molecular weight is 403 g/mol. The fraction of sp³-hybridized carbons (Fsp3) is 0.200. The van der Waals surface area contributed by atoms with Gasteiger partial charge < -0.3 is 14.6 Å². The van der Waals surface area contributed by atoms with E-state index >= 15 is 0 Å². The molecule has 1 heterocycles. The molecule has 0 radical (unpaired) electrons. The number of aromatic nitrogens is 1. The van der Waals surface area contributed by atoms with Crippen molar-refractivity contribution in [2.24, 2.45) is 0 Å². The zero-order chi connectivity index (χ0) is 19.0. The molecule has 1 saturated carbocycles. The van der Waals surface area contributed by atoms with Gasteiger partial charge in [0.1, 0.15) is 5.75 Å². The van der Waals surface area contributed by atoms with Crippen LogP contribution in [-0.4, -0.2) is 18.2 Å². The third-order valence-corrected chi connectivity index (χ3v) is 5.21. The topological polar surface area (TPSA) is 64.4 Å². The number of methoxy groups -OCH3 is 1. The number of carbonyl (C=O) groups excluding carboxylic acids is 1. The number of amides is 1. The first-order valence-corrected chi connectivity index (χ1v) is 9.15. The zero-order valence-electron chi connectivity index (χ0n) is 14.5. The van der Waals surface area contributed by atoms with E-state index in [4.69, 9.17) is 32.5 Å². The molecule has 3 aromatic rings. The Labute approximate surface area is 166 Å². The lowest BCUT2D eigenvalue weighted by molar-refractivity contribution is -0.118. The third kappa shape index (κ3) is 3.40. The van der Waals surface area contributed by atoms with E-state index in [-0.39, 0.29) is 5.91 Å². The van der Waals surface area contributed by atoms with Crippen LogP contribution in [0.15, 0.2) is 53.1 Å². The molecular formula is C20H16Cl2N2O3. The van der Waals surface area contributed by atoms with Crippen LogP contribution in [0.4, 0.5) is 5.69 Å². The number of benzene rings is 2. The summed E-state index contributed by atoms with van der Waals surface area (Å²) in [4.78, 5) is 13.0. The number of hydrogen-bond acceptors (Lipinski definition) is 4. The first-order valence-electron chi connectivity index (χ1n) is 8.40. The summed E-state index contributed by atoms with van der Waals surface area (Å²) in [5.41, 5.74) is 1.31. The average Bonchev–Trinajstić information content (AvgIpc) is 3.33. The lowest BCUT2D eigenvalue weighted by atomic mass is 10.00. The summed E-state index contributed by atoms with van der Waals surface area (Å²) in [6, 6.07) is 14.2. The fourth-order valence-corrected chi connectivity index (χ4v) is 3.29. The van der Waals surface area contributed by atoms with Gasteiger partial charge in [0.25, 0.3) is 0 Å². The minimum Gasteiger partial charge on any atom is -0.495 e. The molecule has 0 spiro atoms. The number of nitrogens with one attached hydrogen (secondary N) is 1. The van der Waals surface area contributed by atoms with Gasteiger partial charge in [-0.2, -0.15) is 0 Å². The van der Waals surface area contributed by atoms with Gasteiger partial charge in [0.2, 0.25) is 5.91 Å². The molecule has 0 bridgehead atoms. The van der Waals surface area contributed by atoms with Crippen LogP contribution in [0, 0.1) is 0 Å². The molecule has 0 saturated heterocycles. The molecule has 2 aromatic carbocycles. The maximum Gasteiger partial charge on any atom is 0.236 e. The predicted octanol–water partition coefficient (Wildman–Crippen LogP) is 5.33. The second-order valence-corrected chi connectivity index (χ2v) is 7.34. The van der Waals surface area contributed by atoms with Crippen LogP contribution in [0.1, 0.15) is 18.5 Å². The highest BCUT2D eigenvalue weighted by Gasteiger charge is 2.54. The Morgan fingerprint density at radius 2 is 1.81 bits per heavy atom. The molecule has 1 fully saturated rings. The standard InChI is InChI=1S/C20H16Cl2N2O3/c1-26-16-7-6-14(22)10-15(16)23-19(25)20(8-9-20)18-11-17(27-24-18)12-2-4-13(21)5-3-12/h2-7,10-11H,8-9H2,1H3,(H,23,25). The molecule has 1 aliphatic rings. The van der Waals surface area contributed by atoms with Gasteiger partial charge in [-0.15, -0.1) is 0 Å². The van der Waals surface area contributed by atoms with Crippen molar-refractivity contribution in [3.8, 4) is 17.1 Å². The number of halogens is 2. The summed E-state index contributed by atoms with van der Waals surface area (Å²) in [6.07, 6.45) is 1.41. The summed E-state index contributed by atoms with van der Waals surface area (Å²) in [6.45, 7) is 0. The van der Waals surface area contributed by atoms with Crippen LogP contribution in [0.2, 0.25) is 10.0 Å². The Morgan fingerprint density at radius 3 is 2.48 bits per heavy atom. The predicted molar refractivity (Wildman–Crippen MR) is 104 cm³/mol. The van der Waals surface area contributed by atoms with Gasteiger partial charge in [-0.1, -0.05) is 28.4 Å². The van der Waals surface area contributed by atoms with Crippen molar-refractivity contribution in [1.82, 2.24) is 5.16 Å². The number of anilines is 1. The van der Waals surface area contributed by atoms with Gasteiger partial charge in [-0.05, 0) is 55.3 Å². The second-order valence-electron chi connectivity index (χ2n) is 6.46. The number of hydrogen-bond donors (Lipinski definition) is 1. The second kappa shape index (κ2) is 6.91. The molecule has 27 heavy (non-hydrogen) atoms. The molecule has 0 unspecified atom stereocenters. The van der Waals surface area contributed by atoms with Crippen molar-refractivity contribution < 1.29 is 14.1 Å². The first-order chi connectivity index (χ1) is 13.0. The molecule has 1 amide bonds. The van der Waals surface area contributed by atoms with E-state index in [1.807, 2.05) is 18.2 Å². The molecule has 1 N–H and O–H groups in total. The van der Waals surface area contributed by atoms with Crippen LogP contribution < -0.4 is 10.1 Å². The van der Waals surface area contributed by atoms with Crippen molar-refractivity contribution in [2.45, 2.75) is 18.3 Å². The van der Waals surface area contributed by atoms with E-state index < -0.39 is 5.41 Å². The van der Waals surface area contributed by atoms with Crippen molar-refractivity contribution in [3.05, 3.63) is 64.3 Å². The van der Waals surface area contributed by atoms with Crippen LogP contribution in [0.3, 0.4) is 0 Å². The lowest BCUT2D eigenvalue weighted by Crippen LogP contribution is -2.28. The normalized spacial score (nSPS) is 14.6. The summed E-state index contributed by atoms with van der Waals surface area (Å²) in [5, 5.41) is 8.22. The highest BCUT2D eigenvalue weighted by atomic mass is 35.5. The molecular weight excluding hydrogens is 387 g/mol. The monoisotopic (exact) mass is 402 g/mol. The lowest BCUT2D eigenvalue weighted by Gasteiger charge is -2.15. The molecule has 7 heteroatoms. The summed E-state index contributed by atoms with van der Waals surface area (Å²) >= 11 is 12.0. The highest BCUT2D eigenvalue weighted by Crippen LogP contribution is 2.49. The molecule has 0 atom stereocenters. The Morgan fingerprint density at radius 1 is 1.11 bits per heavy atom. The largest absolute Gasteiger partial charge is 0.495 e. The molecule has 4 rings (SSSR count). The number of rotatable bonds is 5. The van der Waals surface area contributed by atoms with E-state index in [2.05, 4.69) is 10.5 Å². The first kappa shape index (κ1) is 17.9. The Balaban J connectivity index is 1.58. The van der Waals surface area contributed by atoms with E-state index in [0.717, 1.165) is 5.56 Å². The quantitative estimate of drug-likeness (QED) is 0.626. The highest BCUT2D eigenvalue weighted by molar-refractivity contribution is 6.31. The smallest absolute Gasteiger partial charge is 0.236 e. The van der Waals surface area contributed by atoms with Crippen molar-refractivity contribution in [2.75, 3.05) is 12.4 Å². The SMILES string of the molecule is COc1ccc(Cl)cc1NC(=O)C1(c2cc(-c3ccc(Cl)cc3)on2)CC1. The van der Waals surface area contributed by atoms with Crippen LogP contribution in [-0.2, 0) is 10.2 Å². The molecule has 5 nitrogen and oxygen atoms in total. The number of nitrogens with zero attached hydrogens (tertiary/aromatic N) is 1. The minimum absolute atomic E-state index is 0.154. The fourth-order valence-electron chi connectivity index (χ4n) is 3.00. The molecule has 1 aliphatic carbocycles. The van der Waals surface area contributed by atoms with Crippen molar-refractivity contribution in [1.29, 1.82) is 0 Å². The van der Waals surface area contributed by atoms with Crippen molar-refractivity contribution >= 4 is 34.8 Å². The maximum absolute atomic E-state index is 13.0. The van der Waals surface area contributed by atoms with Crippen LogP contribution >= 0.6 is 23.2 Å². The van der Waals surface area contributed by atoms with Gasteiger partial charge >= 0.3 is 0 Å². The maximum atomic E-state index is 13.0. The van der Waals surface area contributed by atoms with E-state index in [0.29, 0.717) is 45.8 Å². The van der Waals surface area contributed by atoms with Gasteiger partial charge in [0.05, 0.1) is 23.9 Å². The van der Waals surface area contributed by atoms with Crippen LogP contribution in [0.5, 0.6) is 5.75 Å². The summed E-state index contributed by atoms with van der Waals surface area (Å²) < 4.78 is 10.8. The van der Waals surface area contributed by atoms with Gasteiger partial charge in [-0.25, -0.2) is 0 Å². The van der Waals surface area contributed by atoms with E-state index in [1.54, 1.807) is 37.4 Å². The minimum atomic E-state index is -0.693. The summed E-state index contributed by atoms with van der Waals surface area (Å²) in [7, 11) is 1.54. The molecule has 1 aromatic heterocycles.